The summed E-state index contributed by atoms with van der Waals surface area (Å²) in [5, 5.41) is 0. The molecular formula is C14H24N2O3. The second-order valence-electron chi connectivity index (χ2n) is 5.47. The highest BCUT2D eigenvalue weighted by Gasteiger charge is 2.28. The van der Waals surface area contributed by atoms with E-state index in [4.69, 9.17) is 4.74 Å². The van der Waals surface area contributed by atoms with Crippen molar-refractivity contribution >= 4 is 12.0 Å². The van der Waals surface area contributed by atoms with Crippen molar-refractivity contribution in [1.29, 1.82) is 0 Å². The molecule has 0 aromatic carbocycles. The van der Waals surface area contributed by atoms with Crippen LogP contribution in [0.25, 0.3) is 0 Å². The zero-order valence-electron chi connectivity index (χ0n) is 11.8. The van der Waals surface area contributed by atoms with Crippen molar-refractivity contribution in [1.82, 2.24) is 9.80 Å². The second kappa shape index (κ2) is 6.78. The summed E-state index contributed by atoms with van der Waals surface area (Å²) in [6.07, 6.45) is 6.25. The summed E-state index contributed by atoms with van der Waals surface area (Å²) in [6.45, 7) is 2.68. The highest BCUT2D eigenvalue weighted by Crippen LogP contribution is 2.25. The first kappa shape index (κ1) is 14.2. The van der Waals surface area contributed by atoms with Crippen LogP contribution < -0.4 is 0 Å². The summed E-state index contributed by atoms with van der Waals surface area (Å²) in [7, 11) is 1.40. The Hall–Kier alpha value is -1.26. The summed E-state index contributed by atoms with van der Waals surface area (Å²) < 4.78 is 4.74. The molecule has 1 saturated heterocycles. The fraction of sp³-hybridized carbons (Fsp3) is 0.857. The first-order chi connectivity index (χ1) is 9.22. The SMILES string of the molecule is COC(=O)N1CCCN(C(=O)C2CCCCC2)CC1. The van der Waals surface area contributed by atoms with Crippen LogP contribution in [-0.4, -0.2) is 55.1 Å². The lowest BCUT2D eigenvalue weighted by Crippen LogP contribution is -2.40. The third-order valence-electron chi connectivity index (χ3n) is 4.19. The topological polar surface area (TPSA) is 49.9 Å². The van der Waals surface area contributed by atoms with Crippen molar-refractivity contribution in [3.8, 4) is 0 Å². The van der Waals surface area contributed by atoms with Gasteiger partial charge in [0.05, 0.1) is 7.11 Å². The number of carbonyl (C=O) groups excluding carboxylic acids is 2. The predicted octanol–water partition coefficient (Wildman–Crippen LogP) is 1.87. The highest BCUT2D eigenvalue weighted by molar-refractivity contribution is 5.79. The lowest BCUT2D eigenvalue weighted by Gasteiger charge is -2.28. The van der Waals surface area contributed by atoms with E-state index in [1.165, 1.54) is 26.4 Å². The molecule has 19 heavy (non-hydrogen) atoms. The van der Waals surface area contributed by atoms with Gasteiger partial charge in [-0.05, 0) is 19.3 Å². The van der Waals surface area contributed by atoms with Crippen LogP contribution >= 0.6 is 0 Å². The number of amides is 2. The summed E-state index contributed by atoms with van der Waals surface area (Å²) in [5.74, 6) is 0.518. The molecule has 0 radical (unpaired) electrons. The van der Waals surface area contributed by atoms with E-state index in [2.05, 4.69) is 0 Å². The minimum atomic E-state index is -0.285. The number of methoxy groups -OCH3 is 1. The minimum absolute atomic E-state index is 0.221. The molecule has 5 heteroatoms. The predicted molar refractivity (Wildman–Crippen MR) is 71.8 cm³/mol. The molecule has 1 heterocycles. The van der Waals surface area contributed by atoms with Gasteiger partial charge >= 0.3 is 6.09 Å². The Morgan fingerprint density at radius 3 is 2.21 bits per heavy atom. The molecule has 2 rings (SSSR count). The normalized spacial score (nSPS) is 21.9. The van der Waals surface area contributed by atoms with Gasteiger partial charge in [0.15, 0.2) is 0 Å². The van der Waals surface area contributed by atoms with Crippen LogP contribution in [0.15, 0.2) is 0 Å². The van der Waals surface area contributed by atoms with Gasteiger partial charge in [-0.2, -0.15) is 0 Å². The molecule has 0 spiro atoms. The number of rotatable bonds is 1. The molecule has 0 bridgehead atoms. The Labute approximate surface area is 114 Å². The van der Waals surface area contributed by atoms with E-state index in [1.807, 2.05) is 4.90 Å². The lowest BCUT2D eigenvalue weighted by molar-refractivity contribution is -0.136. The number of nitrogens with zero attached hydrogens (tertiary/aromatic N) is 2. The average molecular weight is 268 g/mol. The van der Waals surface area contributed by atoms with Crippen LogP contribution in [0.5, 0.6) is 0 Å². The van der Waals surface area contributed by atoms with Crippen LogP contribution in [-0.2, 0) is 9.53 Å². The van der Waals surface area contributed by atoms with Gasteiger partial charge in [0, 0.05) is 32.1 Å². The van der Waals surface area contributed by atoms with E-state index in [9.17, 15) is 9.59 Å². The molecule has 0 atom stereocenters. The van der Waals surface area contributed by atoms with Gasteiger partial charge in [0.1, 0.15) is 0 Å². The van der Waals surface area contributed by atoms with Crippen LogP contribution in [0.3, 0.4) is 0 Å². The number of carbonyl (C=O) groups is 2. The van der Waals surface area contributed by atoms with E-state index in [1.54, 1.807) is 4.90 Å². The molecule has 2 fully saturated rings. The average Bonchev–Trinajstić information content (AvgIpc) is 2.72. The molecular weight excluding hydrogens is 244 g/mol. The van der Waals surface area contributed by atoms with Crippen molar-refractivity contribution in [3.05, 3.63) is 0 Å². The van der Waals surface area contributed by atoms with Crippen LogP contribution in [0.4, 0.5) is 4.79 Å². The maximum atomic E-state index is 12.4. The largest absolute Gasteiger partial charge is 0.453 e. The summed E-state index contributed by atoms with van der Waals surface area (Å²) in [4.78, 5) is 27.6. The van der Waals surface area contributed by atoms with Gasteiger partial charge in [0.2, 0.25) is 5.91 Å². The van der Waals surface area contributed by atoms with E-state index in [-0.39, 0.29) is 12.0 Å². The van der Waals surface area contributed by atoms with Crippen molar-refractivity contribution in [2.75, 3.05) is 33.3 Å². The van der Waals surface area contributed by atoms with Crippen molar-refractivity contribution < 1.29 is 14.3 Å². The zero-order valence-corrected chi connectivity index (χ0v) is 11.8. The zero-order chi connectivity index (χ0) is 13.7. The van der Waals surface area contributed by atoms with Gasteiger partial charge in [0.25, 0.3) is 0 Å². The first-order valence-electron chi connectivity index (χ1n) is 7.34. The Balaban J connectivity index is 1.87. The van der Waals surface area contributed by atoms with Crippen molar-refractivity contribution in [2.24, 2.45) is 5.92 Å². The maximum absolute atomic E-state index is 12.4. The molecule has 1 saturated carbocycles. The van der Waals surface area contributed by atoms with Crippen LogP contribution in [0.2, 0.25) is 0 Å². The van der Waals surface area contributed by atoms with Gasteiger partial charge in [-0.15, -0.1) is 0 Å². The van der Waals surface area contributed by atoms with Gasteiger partial charge in [-0.25, -0.2) is 4.79 Å². The standard InChI is InChI=1S/C14H24N2O3/c1-19-14(18)16-9-5-8-15(10-11-16)13(17)12-6-3-2-4-7-12/h12H,2-11H2,1H3. The number of hydrogen-bond donors (Lipinski definition) is 0. The fourth-order valence-corrected chi connectivity index (χ4v) is 3.06. The molecule has 2 aliphatic rings. The van der Waals surface area contributed by atoms with Crippen molar-refractivity contribution in [2.45, 2.75) is 38.5 Å². The van der Waals surface area contributed by atoms with Gasteiger partial charge in [-0.3, -0.25) is 4.79 Å². The first-order valence-corrected chi connectivity index (χ1v) is 7.34. The summed E-state index contributed by atoms with van der Waals surface area (Å²) in [6, 6.07) is 0. The lowest BCUT2D eigenvalue weighted by atomic mass is 9.88. The molecule has 2 amide bonds. The van der Waals surface area contributed by atoms with E-state index >= 15 is 0 Å². The minimum Gasteiger partial charge on any atom is -0.453 e. The fourth-order valence-electron chi connectivity index (χ4n) is 3.06. The molecule has 0 N–H and O–H groups in total. The Kier molecular flexibility index (Phi) is 5.05. The Morgan fingerprint density at radius 2 is 1.53 bits per heavy atom. The molecule has 0 aromatic heterocycles. The third-order valence-corrected chi connectivity index (χ3v) is 4.19. The number of hydrogen-bond acceptors (Lipinski definition) is 3. The maximum Gasteiger partial charge on any atom is 0.409 e. The molecule has 108 valence electrons. The smallest absolute Gasteiger partial charge is 0.409 e. The quantitative estimate of drug-likeness (QED) is 0.729. The van der Waals surface area contributed by atoms with E-state index in [0.29, 0.717) is 25.5 Å². The Bertz CT molecular complexity index is 327. The second-order valence-corrected chi connectivity index (χ2v) is 5.47. The molecule has 5 nitrogen and oxygen atoms in total. The van der Waals surface area contributed by atoms with E-state index < -0.39 is 0 Å². The van der Waals surface area contributed by atoms with Crippen molar-refractivity contribution in [3.63, 3.8) is 0 Å². The molecule has 0 unspecified atom stereocenters. The Morgan fingerprint density at radius 1 is 0.895 bits per heavy atom. The van der Waals surface area contributed by atoms with Crippen LogP contribution in [0.1, 0.15) is 38.5 Å². The monoisotopic (exact) mass is 268 g/mol. The number of ether oxygens (including phenoxy) is 1. The third kappa shape index (κ3) is 3.61. The molecule has 1 aliphatic heterocycles. The van der Waals surface area contributed by atoms with Gasteiger partial charge in [-0.1, -0.05) is 19.3 Å². The van der Waals surface area contributed by atoms with Gasteiger partial charge < -0.3 is 14.5 Å². The molecule has 0 aromatic rings. The highest BCUT2D eigenvalue weighted by atomic mass is 16.5. The van der Waals surface area contributed by atoms with E-state index in [0.717, 1.165) is 25.8 Å². The summed E-state index contributed by atoms with van der Waals surface area (Å²) in [5.41, 5.74) is 0. The van der Waals surface area contributed by atoms with Crippen LogP contribution in [0, 0.1) is 5.92 Å². The summed E-state index contributed by atoms with van der Waals surface area (Å²) >= 11 is 0. The molecule has 1 aliphatic carbocycles.